The van der Waals surface area contributed by atoms with Crippen LogP contribution in [0.1, 0.15) is 25.0 Å². The van der Waals surface area contributed by atoms with E-state index in [9.17, 15) is 24.3 Å². The zero-order chi connectivity index (χ0) is 20.0. The molecule has 2 rings (SSSR count). The van der Waals surface area contributed by atoms with Gasteiger partial charge < -0.3 is 14.6 Å². The van der Waals surface area contributed by atoms with Crippen molar-refractivity contribution in [2.45, 2.75) is 13.8 Å². The molecule has 2 aromatic rings. The first-order chi connectivity index (χ1) is 12.7. The second-order valence-electron chi connectivity index (χ2n) is 5.55. The quantitative estimate of drug-likeness (QED) is 0.361. The Morgan fingerprint density at radius 2 is 1.19 bits per heavy atom. The molecule has 27 heavy (non-hydrogen) atoms. The summed E-state index contributed by atoms with van der Waals surface area (Å²) in [5.41, 5.74) is 1.27. The topological polar surface area (TPSA) is 107 Å². The SMILES string of the molecule is CC(=O)C(=O)Oc1cc(C=Cc2ccc(O)cc2)cc(OC(=O)C(C)=O)c1. The van der Waals surface area contributed by atoms with E-state index in [-0.39, 0.29) is 17.2 Å². The minimum Gasteiger partial charge on any atom is -0.508 e. The van der Waals surface area contributed by atoms with Gasteiger partial charge in [-0.2, -0.15) is 0 Å². The molecular formula is C20H16O7. The smallest absolute Gasteiger partial charge is 0.379 e. The van der Waals surface area contributed by atoms with E-state index < -0.39 is 23.5 Å². The van der Waals surface area contributed by atoms with Crippen LogP contribution >= 0.6 is 0 Å². The van der Waals surface area contributed by atoms with E-state index in [4.69, 9.17) is 9.47 Å². The molecule has 0 saturated heterocycles. The van der Waals surface area contributed by atoms with E-state index in [0.717, 1.165) is 19.4 Å². The molecule has 7 heteroatoms. The van der Waals surface area contributed by atoms with E-state index in [1.54, 1.807) is 24.3 Å². The fraction of sp³-hybridized carbons (Fsp3) is 0.100. The van der Waals surface area contributed by atoms with Crippen LogP contribution in [0, 0.1) is 0 Å². The van der Waals surface area contributed by atoms with Gasteiger partial charge in [0.2, 0.25) is 11.6 Å². The minimum absolute atomic E-state index is 0.0191. The molecule has 7 nitrogen and oxygen atoms in total. The molecule has 0 saturated carbocycles. The fourth-order valence-corrected chi connectivity index (χ4v) is 1.94. The molecule has 1 N–H and O–H groups in total. The summed E-state index contributed by atoms with van der Waals surface area (Å²) in [7, 11) is 0. The van der Waals surface area contributed by atoms with Gasteiger partial charge in [0.15, 0.2) is 0 Å². The molecule has 0 spiro atoms. The summed E-state index contributed by atoms with van der Waals surface area (Å²) in [4.78, 5) is 45.2. The molecule has 0 radical (unpaired) electrons. The van der Waals surface area contributed by atoms with E-state index in [2.05, 4.69) is 0 Å². The standard InChI is InChI=1S/C20H16O7/c1-12(21)19(24)26-17-9-15(4-3-14-5-7-16(23)8-6-14)10-18(11-17)27-20(25)13(2)22/h3-11,23H,1-2H3. The van der Waals surface area contributed by atoms with Crippen LogP contribution in [0.5, 0.6) is 17.2 Å². The van der Waals surface area contributed by atoms with Gasteiger partial charge in [0.25, 0.3) is 0 Å². The lowest BCUT2D eigenvalue weighted by molar-refractivity contribution is -0.146. The first-order valence-electron chi connectivity index (χ1n) is 7.82. The van der Waals surface area contributed by atoms with Crippen molar-refractivity contribution in [3.05, 3.63) is 53.6 Å². The molecular weight excluding hydrogens is 352 g/mol. The number of rotatable bonds is 6. The highest BCUT2D eigenvalue weighted by Gasteiger charge is 2.15. The molecule has 0 aliphatic heterocycles. The maximum absolute atomic E-state index is 11.5. The number of Topliss-reactive ketones (excluding diaryl/α,β-unsaturated/α-hetero) is 2. The molecule has 0 aliphatic carbocycles. The van der Waals surface area contributed by atoms with Crippen molar-refractivity contribution in [2.24, 2.45) is 0 Å². The first kappa shape index (κ1) is 19.6. The summed E-state index contributed by atoms with van der Waals surface area (Å²) in [6, 6.07) is 10.5. The number of carbonyl (C=O) groups excluding carboxylic acids is 4. The maximum Gasteiger partial charge on any atom is 0.379 e. The Kier molecular flexibility index (Phi) is 6.22. The van der Waals surface area contributed by atoms with Crippen LogP contribution in [0.3, 0.4) is 0 Å². The summed E-state index contributed by atoms with van der Waals surface area (Å²) in [6.07, 6.45) is 3.35. The molecule has 0 bridgehead atoms. The lowest BCUT2D eigenvalue weighted by atomic mass is 10.1. The van der Waals surface area contributed by atoms with Gasteiger partial charge in [-0.15, -0.1) is 0 Å². The average molecular weight is 368 g/mol. The Morgan fingerprint density at radius 1 is 0.741 bits per heavy atom. The molecule has 138 valence electrons. The Morgan fingerprint density at radius 3 is 1.63 bits per heavy atom. The number of carbonyl (C=O) groups is 4. The van der Waals surface area contributed by atoms with Crippen molar-refractivity contribution in [1.29, 1.82) is 0 Å². The molecule has 0 unspecified atom stereocenters. The minimum atomic E-state index is -1.07. The predicted molar refractivity (Wildman–Crippen MR) is 96.1 cm³/mol. The number of ether oxygens (including phenoxy) is 2. The third-order valence-electron chi connectivity index (χ3n) is 3.26. The fourth-order valence-electron chi connectivity index (χ4n) is 1.94. The van der Waals surface area contributed by atoms with Gasteiger partial charge in [0.1, 0.15) is 17.2 Å². The predicted octanol–water partition coefficient (Wildman–Crippen LogP) is 2.55. The van der Waals surface area contributed by atoms with Crippen molar-refractivity contribution < 1.29 is 33.8 Å². The van der Waals surface area contributed by atoms with E-state index >= 15 is 0 Å². The van der Waals surface area contributed by atoms with E-state index in [0.29, 0.717) is 5.56 Å². The van der Waals surface area contributed by atoms with Crippen LogP contribution in [0.25, 0.3) is 12.2 Å². The average Bonchev–Trinajstić information content (AvgIpc) is 2.60. The van der Waals surface area contributed by atoms with Crippen LogP contribution in [0.4, 0.5) is 0 Å². The number of ketones is 2. The Bertz CT molecular complexity index is 878. The van der Waals surface area contributed by atoms with Crippen molar-refractivity contribution in [2.75, 3.05) is 0 Å². The van der Waals surface area contributed by atoms with Crippen LogP contribution in [0.2, 0.25) is 0 Å². The summed E-state index contributed by atoms with van der Waals surface area (Å²) in [6.45, 7) is 2.13. The van der Waals surface area contributed by atoms with Crippen LogP contribution in [0.15, 0.2) is 42.5 Å². The Balaban J connectivity index is 2.34. The molecule has 0 fully saturated rings. The summed E-state index contributed by atoms with van der Waals surface area (Å²) in [5, 5.41) is 9.30. The van der Waals surface area contributed by atoms with Crippen LogP contribution in [-0.2, 0) is 19.2 Å². The van der Waals surface area contributed by atoms with Gasteiger partial charge in [-0.1, -0.05) is 24.3 Å². The van der Waals surface area contributed by atoms with Crippen molar-refractivity contribution >= 4 is 35.7 Å². The van der Waals surface area contributed by atoms with E-state index in [1.165, 1.54) is 30.3 Å². The number of esters is 2. The molecule has 0 atom stereocenters. The van der Waals surface area contributed by atoms with E-state index in [1.807, 2.05) is 0 Å². The second-order valence-corrected chi connectivity index (χ2v) is 5.55. The number of hydrogen-bond donors (Lipinski definition) is 1. The van der Waals surface area contributed by atoms with Crippen LogP contribution in [-0.4, -0.2) is 28.6 Å². The third-order valence-corrected chi connectivity index (χ3v) is 3.26. The first-order valence-corrected chi connectivity index (χ1v) is 7.82. The second kappa shape index (κ2) is 8.57. The summed E-state index contributed by atoms with van der Waals surface area (Å²) in [5.74, 6) is -3.63. The zero-order valence-corrected chi connectivity index (χ0v) is 14.6. The summed E-state index contributed by atoms with van der Waals surface area (Å²) < 4.78 is 9.87. The molecule has 0 aromatic heterocycles. The number of hydrogen-bond acceptors (Lipinski definition) is 7. The number of phenols is 1. The van der Waals surface area contributed by atoms with Gasteiger partial charge in [0.05, 0.1) is 0 Å². The molecule has 2 aromatic carbocycles. The largest absolute Gasteiger partial charge is 0.508 e. The van der Waals surface area contributed by atoms with Crippen molar-refractivity contribution in [3.8, 4) is 17.2 Å². The summed E-state index contributed by atoms with van der Waals surface area (Å²) >= 11 is 0. The Labute approximate surface area is 154 Å². The lowest BCUT2D eigenvalue weighted by Gasteiger charge is -2.08. The molecule has 0 heterocycles. The van der Waals surface area contributed by atoms with Gasteiger partial charge in [-0.05, 0) is 35.4 Å². The monoisotopic (exact) mass is 368 g/mol. The van der Waals surface area contributed by atoms with Crippen molar-refractivity contribution in [3.63, 3.8) is 0 Å². The van der Waals surface area contributed by atoms with Gasteiger partial charge in [-0.25, -0.2) is 9.59 Å². The van der Waals surface area contributed by atoms with Crippen LogP contribution < -0.4 is 9.47 Å². The number of aromatic hydroxyl groups is 1. The third kappa shape index (κ3) is 5.93. The van der Waals surface area contributed by atoms with Gasteiger partial charge in [-0.3, -0.25) is 9.59 Å². The highest BCUT2D eigenvalue weighted by atomic mass is 16.6. The highest BCUT2D eigenvalue weighted by Crippen LogP contribution is 2.25. The Hall–Kier alpha value is -3.74. The number of phenolic OH excluding ortho intramolecular Hbond substituents is 1. The highest BCUT2D eigenvalue weighted by molar-refractivity contribution is 6.33. The lowest BCUT2D eigenvalue weighted by Crippen LogP contribution is -2.18. The molecule has 0 amide bonds. The molecule has 0 aliphatic rings. The zero-order valence-electron chi connectivity index (χ0n) is 14.6. The maximum atomic E-state index is 11.5. The van der Waals surface area contributed by atoms with Gasteiger partial charge in [0, 0.05) is 19.9 Å². The number of benzene rings is 2. The van der Waals surface area contributed by atoms with Crippen molar-refractivity contribution in [1.82, 2.24) is 0 Å². The van der Waals surface area contributed by atoms with Gasteiger partial charge >= 0.3 is 11.9 Å². The normalized spacial score (nSPS) is 10.4.